The van der Waals surface area contributed by atoms with Gasteiger partial charge in [0, 0.05) is 17.8 Å². The highest BCUT2D eigenvalue weighted by Crippen LogP contribution is 2.22. The van der Waals surface area contributed by atoms with Crippen molar-refractivity contribution in [3.63, 3.8) is 0 Å². The third kappa shape index (κ3) is 3.25. The quantitative estimate of drug-likeness (QED) is 0.894. The number of halogens is 1. The van der Waals surface area contributed by atoms with Gasteiger partial charge >= 0.3 is 0 Å². The average Bonchev–Trinajstić information content (AvgIpc) is 2.40. The number of rotatable bonds is 4. The van der Waals surface area contributed by atoms with E-state index in [2.05, 4.69) is 11.4 Å². The summed E-state index contributed by atoms with van der Waals surface area (Å²) in [4.78, 5) is 0. The Balaban J connectivity index is 2.18. The van der Waals surface area contributed by atoms with Crippen LogP contribution in [-0.4, -0.2) is 7.11 Å². The SMILES string of the molecule is COc1ccc(C)cc1CNc1cc(F)ccc1C. The molecule has 0 saturated heterocycles. The van der Waals surface area contributed by atoms with Crippen molar-refractivity contribution in [1.29, 1.82) is 0 Å². The molecular weight excluding hydrogens is 241 g/mol. The molecule has 0 bridgehead atoms. The molecule has 3 heteroatoms. The number of methoxy groups -OCH3 is 1. The van der Waals surface area contributed by atoms with Crippen molar-refractivity contribution in [3.05, 3.63) is 58.9 Å². The van der Waals surface area contributed by atoms with Crippen molar-refractivity contribution in [2.24, 2.45) is 0 Å². The molecule has 0 atom stereocenters. The normalized spacial score (nSPS) is 10.3. The van der Waals surface area contributed by atoms with E-state index < -0.39 is 0 Å². The molecule has 2 nitrogen and oxygen atoms in total. The summed E-state index contributed by atoms with van der Waals surface area (Å²) in [7, 11) is 1.65. The Hall–Kier alpha value is -2.03. The summed E-state index contributed by atoms with van der Waals surface area (Å²) in [5.41, 5.74) is 4.07. The maximum Gasteiger partial charge on any atom is 0.125 e. The summed E-state index contributed by atoms with van der Waals surface area (Å²) < 4.78 is 18.5. The minimum atomic E-state index is -0.232. The Labute approximate surface area is 113 Å². The minimum absolute atomic E-state index is 0.232. The van der Waals surface area contributed by atoms with E-state index in [9.17, 15) is 4.39 Å². The molecule has 19 heavy (non-hydrogen) atoms. The summed E-state index contributed by atoms with van der Waals surface area (Å²) in [6.45, 7) is 4.60. The van der Waals surface area contributed by atoms with Gasteiger partial charge in [-0.2, -0.15) is 0 Å². The van der Waals surface area contributed by atoms with E-state index in [0.29, 0.717) is 6.54 Å². The Morgan fingerprint density at radius 3 is 2.63 bits per heavy atom. The van der Waals surface area contributed by atoms with Crippen LogP contribution in [0.5, 0.6) is 5.75 Å². The summed E-state index contributed by atoms with van der Waals surface area (Å²) in [5, 5.41) is 3.25. The molecule has 0 radical (unpaired) electrons. The van der Waals surface area contributed by atoms with E-state index in [-0.39, 0.29) is 5.82 Å². The van der Waals surface area contributed by atoms with Gasteiger partial charge in [-0.3, -0.25) is 0 Å². The molecule has 0 amide bonds. The zero-order chi connectivity index (χ0) is 13.8. The van der Waals surface area contributed by atoms with Crippen LogP contribution >= 0.6 is 0 Å². The van der Waals surface area contributed by atoms with E-state index in [4.69, 9.17) is 4.74 Å². The lowest BCUT2D eigenvalue weighted by atomic mass is 10.1. The summed E-state index contributed by atoms with van der Waals surface area (Å²) in [5.74, 6) is 0.608. The Morgan fingerprint density at radius 1 is 1.11 bits per heavy atom. The molecule has 0 unspecified atom stereocenters. The molecule has 2 aromatic carbocycles. The van der Waals surface area contributed by atoms with E-state index in [0.717, 1.165) is 22.6 Å². The van der Waals surface area contributed by atoms with Crippen LogP contribution < -0.4 is 10.1 Å². The minimum Gasteiger partial charge on any atom is -0.496 e. The van der Waals surface area contributed by atoms with E-state index in [1.54, 1.807) is 13.2 Å². The zero-order valence-corrected chi connectivity index (χ0v) is 11.5. The number of benzene rings is 2. The van der Waals surface area contributed by atoms with Crippen LogP contribution in [0.3, 0.4) is 0 Å². The summed E-state index contributed by atoms with van der Waals surface area (Å²) in [6, 6.07) is 10.8. The maximum absolute atomic E-state index is 13.2. The number of hydrogen-bond acceptors (Lipinski definition) is 2. The molecule has 2 rings (SSSR count). The van der Waals surface area contributed by atoms with Gasteiger partial charge in [-0.05, 0) is 37.6 Å². The van der Waals surface area contributed by atoms with Crippen molar-refractivity contribution in [3.8, 4) is 5.75 Å². The predicted molar refractivity (Wildman–Crippen MR) is 76.2 cm³/mol. The van der Waals surface area contributed by atoms with Gasteiger partial charge in [0.05, 0.1) is 7.11 Å². The van der Waals surface area contributed by atoms with Crippen molar-refractivity contribution < 1.29 is 9.13 Å². The second kappa shape index (κ2) is 5.74. The van der Waals surface area contributed by atoms with Gasteiger partial charge in [-0.1, -0.05) is 23.8 Å². The van der Waals surface area contributed by atoms with Crippen LogP contribution in [-0.2, 0) is 6.54 Å². The van der Waals surface area contributed by atoms with E-state index in [1.165, 1.54) is 17.7 Å². The molecule has 0 aliphatic heterocycles. The van der Waals surface area contributed by atoms with Gasteiger partial charge in [-0.15, -0.1) is 0 Å². The number of ether oxygens (including phenoxy) is 1. The van der Waals surface area contributed by atoms with E-state index in [1.807, 2.05) is 26.0 Å². The fourth-order valence-electron chi connectivity index (χ4n) is 2.02. The first kappa shape index (κ1) is 13.4. The molecule has 0 aromatic heterocycles. The van der Waals surface area contributed by atoms with Gasteiger partial charge in [-0.25, -0.2) is 4.39 Å². The fraction of sp³-hybridized carbons (Fsp3) is 0.250. The predicted octanol–water partition coefficient (Wildman–Crippen LogP) is 4.06. The first-order valence-electron chi connectivity index (χ1n) is 6.23. The molecule has 2 aromatic rings. The number of hydrogen-bond donors (Lipinski definition) is 1. The van der Waals surface area contributed by atoms with Crippen LogP contribution in [0.25, 0.3) is 0 Å². The summed E-state index contributed by atoms with van der Waals surface area (Å²) in [6.07, 6.45) is 0. The molecule has 0 aliphatic carbocycles. The molecule has 0 fully saturated rings. The van der Waals surface area contributed by atoms with Gasteiger partial charge in [0.2, 0.25) is 0 Å². The first-order chi connectivity index (χ1) is 9.10. The standard InChI is InChI=1S/C16H18FNO/c1-11-4-7-16(19-3)13(8-11)10-18-15-9-14(17)6-5-12(15)2/h4-9,18H,10H2,1-3H3. The van der Waals surface area contributed by atoms with Crippen LogP contribution in [0.1, 0.15) is 16.7 Å². The lowest BCUT2D eigenvalue weighted by Gasteiger charge is -2.13. The third-order valence-corrected chi connectivity index (χ3v) is 3.10. The van der Waals surface area contributed by atoms with Crippen molar-refractivity contribution in [2.75, 3.05) is 12.4 Å². The summed E-state index contributed by atoms with van der Waals surface area (Å²) >= 11 is 0. The highest BCUT2D eigenvalue weighted by atomic mass is 19.1. The Bertz CT molecular complexity index is 581. The van der Waals surface area contributed by atoms with Crippen molar-refractivity contribution >= 4 is 5.69 Å². The largest absolute Gasteiger partial charge is 0.496 e. The molecule has 1 N–H and O–H groups in total. The van der Waals surface area contributed by atoms with Gasteiger partial charge in [0.1, 0.15) is 11.6 Å². The van der Waals surface area contributed by atoms with Gasteiger partial charge in [0.25, 0.3) is 0 Å². The van der Waals surface area contributed by atoms with Crippen LogP contribution in [0.4, 0.5) is 10.1 Å². The smallest absolute Gasteiger partial charge is 0.125 e. The van der Waals surface area contributed by atoms with Crippen LogP contribution in [0.15, 0.2) is 36.4 Å². The first-order valence-corrected chi connectivity index (χ1v) is 6.23. The second-order valence-electron chi connectivity index (χ2n) is 4.63. The Morgan fingerprint density at radius 2 is 1.89 bits per heavy atom. The maximum atomic E-state index is 13.2. The number of nitrogens with one attached hydrogen (secondary N) is 1. The van der Waals surface area contributed by atoms with Crippen molar-refractivity contribution in [2.45, 2.75) is 20.4 Å². The highest BCUT2D eigenvalue weighted by Gasteiger charge is 2.05. The molecule has 0 aliphatic rings. The Kier molecular flexibility index (Phi) is 4.05. The van der Waals surface area contributed by atoms with Crippen molar-refractivity contribution in [1.82, 2.24) is 0 Å². The van der Waals surface area contributed by atoms with Crippen LogP contribution in [0.2, 0.25) is 0 Å². The lowest BCUT2D eigenvalue weighted by Crippen LogP contribution is -2.03. The monoisotopic (exact) mass is 259 g/mol. The van der Waals surface area contributed by atoms with Crippen LogP contribution in [0, 0.1) is 19.7 Å². The average molecular weight is 259 g/mol. The second-order valence-corrected chi connectivity index (χ2v) is 4.63. The van der Waals surface area contributed by atoms with Gasteiger partial charge in [0.15, 0.2) is 0 Å². The molecule has 0 spiro atoms. The van der Waals surface area contributed by atoms with E-state index >= 15 is 0 Å². The third-order valence-electron chi connectivity index (χ3n) is 3.10. The molecule has 0 saturated carbocycles. The van der Waals surface area contributed by atoms with Gasteiger partial charge < -0.3 is 10.1 Å². The topological polar surface area (TPSA) is 21.3 Å². The zero-order valence-electron chi connectivity index (χ0n) is 11.5. The number of anilines is 1. The molecular formula is C16H18FNO. The molecule has 0 heterocycles. The highest BCUT2D eigenvalue weighted by molar-refractivity contribution is 5.52. The lowest BCUT2D eigenvalue weighted by molar-refractivity contribution is 0.410. The number of aryl methyl sites for hydroxylation is 2. The molecule has 100 valence electrons. The fourth-order valence-corrected chi connectivity index (χ4v) is 2.02.